The highest BCUT2D eigenvalue weighted by atomic mass is 16.4. The summed E-state index contributed by atoms with van der Waals surface area (Å²) < 4.78 is 0. The molecule has 0 saturated carbocycles. The molecule has 0 saturated heterocycles. The first-order valence-corrected chi connectivity index (χ1v) is 6.31. The van der Waals surface area contributed by atoms with Crippen molar-refractivity contribution >= 4 is 18.0 Å². The SMILES string of the molecule is CCCCN(C)C(=O)c1cccc(/C=C/C(=O)O)c1. The first kappa shape index (κ1) is 15.0. The second-order valence-electron chi connectivity index (χ2n) is 4.38. The van der Waals surface area contributed by atoms with Gasteiger partial charge in [0, 0.05) is 25.2 Å². The van der Waals surface area contributed by atoms with Gasteiger partial charge in [0.1, 0.15) is 0 Å². The molecule has 102 valence electrons. The number of rotatable bonds is 6. The van der Waals surface area contributed by atoms with Gasteiger partial charge in [-0.05, 0) is 30.2 Å². The van der Waals surface area contributed by atoms with Crippen LogP contribution in [-0.4, -0.2) is 35.5 Å². The van der Waals surface area contributed by atoms with Crippen LogP contribution in [0.5, 0.6) is 0 Å². The minimum absolute atomic E-state index is 0.0426. The molecule has 0 unspecified atom stereocenters. The van der Waals surface area contributed by atoms with Crippen molar-refractivity contribution in [3.05, 3.63) is 41.5 Å². The molecule has 1 aromatic rings. The summed E-state index contributed by atoms with van der Waals surface area (Å²) in [5.41, 5.74) is 1.28. The Balaban J connectivity index is 2.80. The summed E-state index contributed by atoms with van der Waals surface area (Å²) in [7, 11) is 1.78. The normalized spacial score (nSPS) is 10.6. The molecular weight excluding hydrogens is 242 g/mol. The van der Waals surface area contributed by atoms with E-state index in [2.05, 4.69) is 6.92 Å². The van der Waals surface area contributed by atoms with E-state index in [-0.39, 0.29) is 5.91 Å². The summed E-state index contributed by atoms with van der Waals surface area (Å²) in [6.45, 7) is 2.81. The Kier molecular flexibility index (Phi) is 5.79. The van der Waals surface area contributed by atoms with Gasteiger partial charge in [0.25, 0.3) is 5.91 Å². The number of hydrogen-bond donors (Lipinski definition) is 1. The predicted octanol–water partition coefficient (Wildman–Crippen LogP) is 2.66. The quantitative estimate of drug-likeness (QED) is 0.801. The molecule has 1 aromatic carbocycles. The van der Waals surface area contributed by atoms with E-state index in [0.717, 1.165) is 25.5 Å². The fraction of sp³-hybridized carbons (Fsp3) is 0.333. The third-order valence-electron chi connectivity index (χ3n) is 2.75. The lowest BCUT2D eigenvalue weighted by atomic mass is 10.1. The summed E-state index contributed by atoms with van der Waals surface area (Å²) in [6, 6.07) is 6.96. The molecule has 0 bridgehead atoms. The number of carbonyl (C=O) groups is 2. The molecule has 0 aliphatic carbocycles. The topological polar surface area (TPSA) is 57.6 Å². The molecule has 0 fully saturated rings. The minimum atomic E-state index is -1.00. The first-order chi connectivity index (χ1) is 9.04. The van der Waals surface area contributed by atoms with Crippen LogP contribution in [0, 0.1) is 0 Å². The van der Waals surface area contributed by atoms with Crippen molar-refractivity contribution < 1.29 is 14.7 Å². The number of nitrogens with zero attached hydrogens (tertiary/aromatic N) is 1. The van der Waals surface area contributed by atoms with Crippen LogP contribution in [0.25, 0.3) is 6.08 Å². The molecule has 4 heteroatoms. The molecule has 0 radical (unpaired) electrons. The Labute approximate surface area is 113 Å². The van der Waals surface area contributed by atoms with Crippen molar-refractivity contribution in [2.75, 3.05) is 13.6 Å². The van der Waals surface area contributed by atoms with Gasteiger partial charge >= 0.3 is 5.97 Å². The summed E-state index contributed by atoms with van der Waals surface area (Å²) in [5.74, 6) is -1.05. The summed E-state index contributed by atoms with van der Waals surface area (Å²) in [4.78, 5) is 24.3. The highest BCUT2D eigenvalue weighted by Gasteiger charge is 2.10. The molecule has 0 spiro atoms. The van der Waals surface area contributed by atoms with Gasteiger partial charge in [-0.2, -0.15) is 0 Å². The zero-order valence-electron chi connectivity index (χ0n) is 11.3. The zero-order chi connectivity index (χ0) is 14.3. The fourth-order valence-corrected chi connectivity index (χ4v) is 1.66. The molecule has 1 N–H and O–H groups in total. The van der Waals surface area contributed by atoms with Crippen LogP contribution in [0.15, 0.2) is 30.3 Å². The van der Waals surface area contributed by atoms with E-state index in [4.69, 9.17) is 5.11 Å². The van der Waals surface area contributed by atoms with Gasteiger partial charge in [-0.15, -0.1) is 0 Å². The molecule has 0 aliphatic rings. The Morgan fingerprint density at radius 3 is 2.74 bits per heavy atom. The van der Waals surface area contributed by atoms with E-state index >= 15 is 0 Å². The average molecular weight is 261 g/mol. The molecular formula is C15H19NO3. The second-order valence-corrected chi connectivity index (χ2v) is 4.38. The molecule has 0 atom stereocenters. The van der Waals surface area contributed by atoms with Crippen molar-refractivity contribution in [3.8, 4) is 0 Å². The van der Waals surface area contributed by atoms with Gasteiger partial charge in [-0.3, -0.25) is 4.79 Å². The van der Waals surface area contributed by atoms with Crippen LogP contribution < -0.4 is 0 Å². The molecule has 19 heavy (non-hydrogen) atoms. The van der Waals surface area contributed by atoms with Gasteiger partial charge in [0.15, 0.2) is 0 Å². The van der Waals surface area contributed by atoms with Gasteiger partial charge in [-0.25, -0.2) is 4.79 Å². The first-order valence-electron chi connectivity index (χ1n) is 6.31. The minimum Gasteiger partial charge on any atom is -0.478 e. The highest BCUT2D eigenvalue weighted by molar-refractivity contribution is 5.95. The van der Waals surface area contributed by atoms with Crippen LogP contribution >= 0.6 is 0 Å². The molecule has 4 nitrogen and oxygen atoms in total. The number of carboxylic acid groups (broad SMARTS) is 1. The van der Waals surface area contributed by atoms with E-state index in [1.807, 2.05) is 0 Å². The van der Waals surface area contributed by atoms with Crippen molar-refractivity contribution in [2.45, 2.75) is 19.8 Å². The van der Waals surface area contributed by atoms with E-state index in [1.54, 1.807) is 36.2 Å². The van der Waals surface area contributed by atoms with Crippen LogP contribution in [-0.2, 0) is 4.79 Å². The van der Waals surface area contributed by atoms with Crippen LogP contribution in [0.1, 0.15) is 35.7 Å². The van der Waals surface area contributed by atoms with E-state index < -0.39 is 5.97 Å². The summed E-state index contributed by atoms with van der Waals surface area (Å²) in [6.07, 6.45) is 4.55. The molecule has 0 heterocycles. The largest absolute Gasteiger partial charge is 0.478 e. The zero-order valence-corrected chi connectivity index (χ0v) is 11.3. The van der Waals surface area contributed by atoms with Gasteiger partial charge < -0.3 is 10.0 Å². The maximum absolute atomic E-state index is 12.1. The number of carboxylic acids is 1. The number of benzene rings is 1. The highest BCUT2D eigenvalue weighted by Crippen LogP contribution is 2.10. The van der Waals surface area contributed by atoms with Crippen LogP contribution in [0.4, 0.5) is 0 Å². The average Bonchev–Trinajstić information content (AvgIpc) is 2.42. The molecule has 0 aromatic heterocycles. The van der Waals surface area contributed by atoms with Crippen molar-refractivity contribution in [1.29, 1.82) is 0 Å². The Morgan fingerprint density at radius 2 is 2.11 bits per heavy atom. The number of amides is 1. The van der Waals surface area contributed by atoms with E-state index in [0.29, 0.717) is 11.1 Å². The Morgan fingerprint density at radius 1 is 1.37 bits per heavy atom. The second kappa shape index (κ2) is 7.36. The Bertz CT molecular complexity index is 480. The van der Waals surface area contributed by atoms with E-state index in [1.165, 1.54) is 6.08 Å². The number of carbonyl (C=O) groups excluding carboxylic acids is 1. The standard InChI is InChI=1S/C15H19NO3/c1-3-4-10-16(2)15(19)13-7-5-6-12(11-13)8-9-14(17)18/h5-9,11H,3-4,10H2,1-2H3,(H,17,18)/b9-8+. The number of unbranched alkanes of at least 4 members (excludes halogenated alkanes) is 1. The predicted molar refractivity (Wildman–Crippen MR) is 75.0 cm³/mol. The number of hydrogen-bond acceptors (Lipinski definition) is 2. The lowest BCUT2D eigenvalue weighted by Gasteiger charge is -2.16. The third kappa shape index (κ3) is 4.95. The van der Waals surface area contributed by atoms with Crippen molar-refractivity contribution in [1.82, 2.24) is 4.90 Å². The lowest BCUT2D eigenvalue weighted by Crippen LogP contribution is -2.27. The third-order valence-corrected chi connectivity index (χ3v) is 2.75. The van der Waals surface area contributed by atoms with Crippen LogP contribution in [0.2, 0.25) is 0 Å². The molecule has 1 amide bonds. The smallest absolute Gasteiger partial charge is 0.328 e. The number of aliphatic carboxylic acids is 1. The monoisotopic (exact) mass is 261 g/mol. The molecule has 1 rings (SSSR count). The fourth-order valence-electron chi connectivity index (χ4n) is 1.66. The van der Waals surface area contributed by atoms with Crippen LogP contribution in [0.3, 0.4) is 0 Å². The lowest BCUT2D eigenvalue weighted by molar-refractivity contribution is -0.131. The van der Waals surface area contributed by atoms with Gasteiger partial charge in [0.2, 0.25) is 0 Å². The molecule has 0 aliphatic heterocycles. The van der Waals surface area contributed by atoms with Crippen molar-refractivity contribution in [2.24, 2.45) is 0 Å². The van der Waals surface area contributed by atoms with Gasteiger partial charge in [-0.1, -0.05) is 25.5 Å². The summed E-state index contributed by atoms with van der Waals surface area (Å²) in [5, 5.41) is 8.58. The van der Waals surface area contributed by atoms with E-state index in [9.17, 15) is 9.59 Å². The maximum atomic E-state index is 12.1. The summed E-state index contributed by atoms with van der Waals surface area (Å²) >= 11 is 0. The Hall–Kier alpha value is -2.10. The van der Waals surface area contributed by atoms with Crippen molar-refractivity contribution in [3.63, 3.8) is 0 Å². The van der Waals surface area contributed by atoms with Gasteiger partial charge in [0.05, 0.1) is 0 Å². The maximum Gasteiger partial charge on any atom is 0.328 e.